The first-order valence-corrected chi connectivity index (χ1v) is 6.05. The molecule has 0 spiro atoms. The van der Waals surface area contributed by atoms with E-state index in [0.29, 0.717) is 16.5 Å². The molecule has 0 fully saturated rings. The average molecular weight is 346 g/mol. The maximum Gasteiger partial charge on any atom is 0.153 e. The molecule has 1 aromatic heterocycles. The molecule has 0 aliphatic carbocycles. The summed E-state index contributed by atoms with van der Waals surface area (Å²) in [5.41, 5.74) is 7.32. The van der Waals surface area contributed by atoms with Gasteiger partial charge in [-0.2, -0.15) is 0 Å². The van der Waals surface area contributed by atoms with Crippen LogP contribution >= 0.6 is 34.2 Å². The molecule has 16 heavy (non-hydrogen) atoms. The number of halogens is 2. The molecule has 0 radical (unpaired) electrons. The fourth-order valence-electron chi connectivity index (χ4n) is 1.25. The molecule has 3 nitrogen and oxygen atoms in total. The SMILES string of the molecule is Nc1cc(Cl)cnc1Nc1ccccc1I. The van der Waals surface area contributed by atoms with E-state index in [-0.39, 0.29) is 0 Å². The van der Waals surface area contributed by atoms with Gasteiger partial charge in [-0.1, -0.05) is 23.7 Å². The Labute approximate surface area is 112 Å². The molecule has 2 rings (SSSR count). The van der Waals surface area contributed by atoms with E-state index < -0.39 is 0 Å². The Morgan fingerprint density at radius 2 is 2.06 bits per heavy atom. The number of hydrogen-bond donors (Lipinski definition) is 2. The minimum Gasteiger partial charge on any atom is -0.396 e. The second-order valence-electron chi connectivity index (χ2n) is 3.20. The van der Waals surface area contributed by atoms with E-state index in [9.17, 15) is 0 Å². The van der Waals surface area contributed by atoms with Gasteiger partial charge >= 0.3 is 0 Å². The molecular weight excluding hydrogens is 336 g/mol. The molecule has 0 saturated carbocycles. The van der Waals surface area contributed by atoms with Crippen molar-refractivity contribution in [3.63, 3.8) is 0 Å². The highest BCUT2D eigenvalue weighted by Gasteiger charge is 2.04. The highest BCUT2D eigenvalue weighted by atomic mass is 127. The Kier molecular flexibility index (Phi) is 3.50. The summed E-state index contributed by atoms with van der Waals surface area (Å²) in [6, 6.07) is 9.58. The third-order valence-electron chi connectivity index (χ3n) is 2.01. The molecule has 0 saturated heterocycles. The van der Waals surface area contributed by atoms with Crippen LogP contribution in [0.25, 0.3) is 0 Å². The summed E-state index contributed by atoms with van der Waals surface area (Å²) in [4.78, 5) is 4.14. The maximum atomic E-state index is 5.81. The van der Waals surface area contributed by atoms with E-state index in [1.807, 2.05) is 24.3 Å². The van der Waals surface area contributed by atoms with Crippen molar-refractivity contribution >= 4 is 51.4 Å². The van der Waals surface area contributed by atoms with Gasteiger partial charge in [0.15, 0.2) is 5.82 Å². The number of nitrogen functional groups attached to an aromatic ring is 1. The minimum absolute atomic E-state index is 0.533. The van der Waals surface area contributed by atoms with Gasteiger partial charge in [0.05, 0.1) is 16.4 Å². The van der Waals surface area contributed by atoms with E-state index in [1.54, 1.807) is 12.3 Å². The highest BCUT2D eigenvalue weighted by molar-refractivity contribution is 14.1. The lowest BCUT2D eigenvalue weighted by Crippen LogP contribution is -2.00. The molecule has 0 aliphatic heterocycles. The molecule has 0 amide bonds. The van der Waals surface area contributed by atoms with E-state index in [1.165, 1.54) is 0 Å². The van der Waals surface area contributed by atoms with Crippen LogP contribution in [0.2, 0.25) is 5.02 Å². The van der Waals surface area contributed by atoms with Crippen LogP contribution in [0.1, 0.15) is 0 Å². The Hall–Kier alpha value is -1.01. The average Bonchev–Trinajstić information content (AvgIpc) is 2.25. The van der Waals surface area contributed by atoms with E-state index in [2.05, 4.69) is 32.9 Å². The van der Waals surface area contributed by atoms with Gasteiger partial charge in [0.25, 0.3) is 0 Å². The number of benzene rings is 1. The summed E-state index contributed by atoms with van der Waals surface area (Å²) in [5, 5.41) is 3.70. The van der Waals surface area contributed by atoms with Gasteiger partial charge in [-0.15, -0.1) is 0 Å². The summed E-state index contributed by atoms with van der Waals surface area (Å²) in [6.07, 6.45) is 1.57. The van der Waals surface area contributed by atoms with Gasteiger partial charge in [-0.05, 0) is 40.8 Å². The van der Waals surface area contributed by atoms with Crippen molar-refractivity contribution in [2.45, 2.75) is 0 Å². The summed E-state index contributed by atoms with van der Waals surface area (Å²) < 4.78 is 1.11. The third kappa shape index (κ3) is 2.56. The Morgan fingerprint density at radius 1 is 1.31 bits per heavy atom. The van der Waals surface area contributed by atoms with Crippen molar-refractivity contribution in [2.75, 3.05) is 11.1 Å². The van der Waals surface area contributed by atoms with Crippen LogP contribution in [0.5, 0.6) is 0 Å². The van der Waals surface area contributed by atoms with Crippen LogP contribution in [0, 0.1) is 3.57 Å². The first kappa shape index (κ1) is 11.5. The fourth-order valence-corrected chi connectivity index (χ4v) is 1.94. The topological polar surface area (TPSA) is 50.9 Å². The zero-order chi connectivity index (χ0) is 11.5. The standard InChI is InChI=1S/C11H9ClIN3/c12-7-5-9(14)11(15-6-7)16-10-4-2-1-3-8(10)13/h1-6H,14H2,(H,15,16). The first-order chi connectivity index (χ1) is 7.66. The quantitative estimate of drug-likeness (QED) is 0.817. The van der Waals surface area contributed by atoms with E-state index in [0.717, 1.165) is 9.26 Å². The first-order valence-electron chi connectivity index (χ1n) is 4.59. The summed E-state index contributed by atoms with van der Waals surface area (Å²) in [7, 11) is 0. The number of para-hydroxylation sites is 1. The van der Waals surface area contributed by atoms with Gasteiger partial charge in [0, 0.05) is 9.77 Å². The van der Waals surface area contributed by atoms with Crippen molar-refractivity contribution in [1.82, 2.24) is 4.98 Å². The van der Waals surface area contributed by atoms with Gasteiger partial charge in [0.1, 0.15) is 0 Å². The third-order valence-corrected chi connectivity index (χ3v) is 3.16. The van der Waals surface area contributed by atoms with Crippen molar-refractivity contribution < 1.29 is 0 Å². The largest absolute Gasteiger partial charge is 0.396 e. The molecule has 0 bridgehead atoms. The zero-order valence-corrected chi connectivity index (χ0v) is 11.2. The van der Waals surface area contributed by atoms with Gasteiger partial charge in [0.2, 0.25) is 0 Å². The summed E-state index contributed by atoms with van der Waals surface area (Å²) in [6.45, 7) is 0. The van der Waals surface area contributed by atoms with Crippen LogP contribution in [0.3, 0.4) is 0 Å². The van der Waals surface area contributed by atoms with Crippen LogP contribution in [0.15, 0.2) is 36.5 Å². The van der Waals surface area contributed by atoms with Crippen molar-refractivity contribution in [1.29, 1.82) is 0 Å². The Morgan fingerprint density at radius 3 is 2.75 bits per heavy atom. The monoisotopic (exact) mass is 345 g/mol. The molecule has 3 N–H and O–H groups in total. The summed E-state index contributed by atoms with van der Waals surface area (Å²) in [5.74, 6) is 0.619. The minimum atomic E-state index is 0.533. The summed E-state index contributed by atoms with van der Waals surface area (Å²) >= 11 is 8.03. The number of aromatic nitrogens is 1. The van der Waals surface area contributed by atoms with E-state index in [4.69, 9.17) is 17.3 Å². The molecule has 0 atom stereocenters. The number of nitrogens with two attached hydrogens (primary N) is 1. The van der Waals surface area contributed by atoms with E-state index >= 15 is 0 Å². The smallest absolute Gasteiger partial charge is 0.153 e. The molecule has 0 aliphatic rings. The maximum absolute atomic E-state index is 5.81. The molecule has 2 aromatic rings. The van der Waals surface area contributed by atoms with Gasteiger partial charge < -0.3 is 11.1 Å². The van der Waals surface area contributed by atoms with Crippen LogP contribution in [-0.4, -0.2) is 4.98 Å². The Bertz CT molecular complexity index is 516. The van der Waals surface area contributed by atoms with Crippen LogP contribution in [0.4, 0.5) is 17.2 Å². The molecule has 82 valence electrons. The normalized spacial score (nSPS) is 10.1. The second-order valence-corrected chi connectivity index (χ2v) is 4.79. The highest BCUT2D eigenvalue weighted by Crippen LogP contribution is 2.25. The number of nitrogens with one attached hydrogen (secondary N) is 1. The van der Waals surface area contributed by atoms with Gasteiger partial charge in [-0.3, -0.25) is 0 Å². The van der Waals surface area contributed by atoms with Crippen molar-refractivity contribution in [3.8, 4) is 0 Å². The van der Waals surface area contributed by atoms with Crippen LogP contribution < -0.4 is 11.1 Å². The van der Waals surface area contributed by atoms with Crippen molar-refractivity contribution in [3.05, 3.63) is 45.1 Å². The molecular formula is C11H9ClIN3. The zero-order valence-electron chi connectivity index (χ0n) is 8.24. The van der Waals surface area contributed by atoms with Gasteiger partial charge in [-0.25, -0.2) is 4.98 Å². The predicted molar refractivity (Wildman–Crippen MR) is 76.1 cm³/mol. The number of rotatable bonds is 2. The predicted octanol–water partition coefficient (Wildman–Crippen LogP) is 3.67. The van der Waals surface area contributed by atoms with Crippen molar-refractivity contribution in [2.24, 2.45) is 0 Å². The number of anilines is 3. The lowest BCUT2D eigenvalue weighted by atomic mass is 10.3. The van der Waals surface area contributed by atoms with Crippen LogP contribution in [-0.2, 0) is 0 Å². The lowest BCUT2D eigenvalue weighted by molar-refractivity contribution is 1.31. The fraction of sp³-hybridized carbons (Fsp3) is 0. The number of pyridine rings is 1. The molecule has 1 heterocycles. The number of nitrogens with zero attached hydrogens (tertiary/aromatic N) is 1. The molecule has 1 aromatic carbocycles. The number of hydrogen-bond acceptors (Lipinski definition) is 3. The molecule has 0 unspecified atom stereocenters. The molecule has 5 heteroatoms. The second kappa shape index (κ2) is 4.88. The Balaban J connectivity index is 2.31. The lowest BCUT2D eigenvalue weighted by Gasteiger charge is -2.09.